The first-order valence-corrected chi connectivity index (χ1v) is 9.11. The molecule has 0 saturated heterocycles. The summed E-state index contributed by atoms with van der Waals surface area (Å²) in [6.45, 7) is 0. The van der Waals surface area contributed by atoms with E-state index in [0.29, 0.717) is 11.2 Å². The molecular formula is C18H24OS. The van der Waals surface area contributed by atoms with Crippen LogP contribution in [0, 0.1) is 23.2 Å². The predicted molar refractivity (Wildman–Crippen MR) is 84.1 cm³/mol. The van der Waals surface area contributed by atoms with Crippen molar-refractivity contribution in [1.29, 1.82) is 0 Å². The molecule has 4 bridgehead atoms. The smallest absolute Gasteiger partial charge is 0.116 e. The molecule has 5 rings (SSSR count). The Morgan fingerprint density at radius 2 is 1.70 bits per heavy atom. The Hall–Kier alpha value is -0.630. The zero-order valence-electron chi connectivity index (χ0n) is 12.1. The van der Waals surface area contributed by atoms with Gasteiger partial charge in [-0.15, -0.1) is 11.8 Å². The zero-order chi connectivity index (χ0) is 13.6. The van der Waals surface area contributed by atoms with Crippen molar-refractivity contribution in [3.63, 3.8) is 0 Å². The fraction of sp³-hybridized carbons (Fsp3) is 0.667. The van der Waals surface area contributed by atoms with Crippen LogP contribution in [-0.2, 0) is 0 Å². The molecule has 1 aromatic carbocycles. The van der Waals surface area contributed by atoms with Crippen LogP contribution in [0.3, 0.4) is 0 Å². The van der Waals surface area contributed by atoms with Crippen LogP contribution in [0.15, 0.2) is 29.2 Å². The third kappa shape index (κ3) is 2.47. The van der Waals surface area contributed by atoms with E-state index in [9.17, 15) is 5.11 Å². The van der Waals surface area contributed by atoms with E-state index in [4.69, 9.17) is 0 Å². The number of benzene rings is 1. The maximum atomic E-state index is 9.53. The average Bonchev–Trinajstić information content (AvgIpc) is 2.36. The molecule has 1 nitrogen and oxygen atoms in total. The van der Waals surface area contributed by atoms with Crippen molar-refractivity contribution in [2.45, 2.75) is 49.8 Å². The van der Waals surface area contributed by atoms with Crippen LogP contribution in [-0.4, -0.2) is 10.9 Å². The molecule has 108 valence electrons. The lowest BCUT2D eigenvalue weighted by Gasteiger charge is -2.57. The minimum Gasteiger partial charge on any atom is -0.508 e. The second-order valence-corrected chi connectivity index (χ2v) is 8.68. The van der Waals surface area contributed by atoms with E-state index >= 15 is 0 Å². The summed E-state index contributed by atoms with van der Waals surface area (Å²) in [4.78, 5) is 1.22. The van der Waals surface area contributed by atoms with E-state index in [-0.39, 0.29) is 0 Å². The van der Waals surface area contributed by atoms with Gasteiger partial charge in [-0.1, -0.05) is 6.07 Å². The van der Waals surface area contributed by atoms with Gasteiger partial charge in [0.05, 0.1) is 0 Å². The van der Waals surface area contributed by atoms with Crippen LogP contribution in [0.25, 0.3) is 0 Å². The number of thioether (sulfide) groups is 1. The Bertz CT molecular complexity index is 461. The maximum absolute atomic E-state index is 9.53. The minimum absolute atomic E-state index is 0.393. The van der Waals surface area contributed by atoms with Gasteiger partial charge in [0.15, 0.2) is 0 Å². The normalized spacial score (nSPS) is 38.3. The number of hydrogen-bond donors (Lipinski definition) is 1. The molecule has 0 unspecified atom stereocenters. The fourth-order valence-corrected chi connectivity index (χ4v) is 6.70. The summed E-state index contributed by atoms with van der Waals surface area (Å²) in [6.07, 6.45) is 10.5. The molecule has 4 saturated carbocycles. The van der Waals surface area contributed by atoms with Gasteiger partial charge >= 0.3 is 0 Å². The Morgan fingerprint density at radius 3 is 2.30 bits per heavy atom. The zero-order valence-corrected chi connectivity index (χ0v) is 12.9. The molecule has 0 heterocycles. The molecule has 1 aromatic rings. The number of phenols is 1. The quantitative estimate of drug-likeness (QED) is 0.779. The monoisotopic (exact) mass is 288 g/mol. The third-order valence-corrected chi connectivity index (χ3v) is 6.88. The van der Waals surface area contributed by atoms with Gasteiger partial charge in [0.1, 0.15) is 5.75 Å². The number of phenolic OH excluding ortho intramolecular Hbond substituents is 1. The van der Waals surface area contributed by atoms with Crippen LogP contribution in [0.5, 0.6) is 5.75 Å². The number of rotatable bonds is 4. The second kappa shape index (κ2) is 4.98. The van der Waals surface area contributed by atoms with Crippen LogP contribution < -0.4 is 0 Å². The number of hydrogen-bond acceptors (Lipinski definition) is 2. The van der Waals surface area contributed by atoms with Gasteiger partial charge in [0.25, 0.3) is 0 Å². The van der Waals surface area contributed by atoms with E-state index in [1.54, 1.807) is 6.07 Å². The summed E-state index contributed by atoms with van der Waals surface area (Å²) in [5.41, 5.74) is 0.693. The van der Waals surface area contributed by atoms with Gasteiger partial charge in [-0.3, -0.25) is 0 Å². The van der Waals surface area contributed by atoms with Crippen molar-refractivity contribution >= 4 is 11.8 Å². The summed E-state index contributed by atoms with van der Waals surface area (Å²) in [5, 5.41) is 9.53. The lowest BCUT2D eigenvalue weighted by Crippen LogP contribution is -2.46. The predicted octanol–water partition coefficient (Wildman–Crippen LogP) is 5.09. The van der Waals surface area contributed by atoms with Gasteiger partial charge in [-0.05, 0) is 92.1 Å². The number of aromatic hydroxyl groups is 1. The molecule has 0 amide bonds. The average molecular weight is 288 g/mol. The van der Waals surface area contributed by atoms with Gasteiger partial charge in [0.2, 0.25) is 0 Å². The molecule has 0 aromatic heterocycles. The van der Waals surface area contributed by atoms with E-state index in [1.807, 2.05) is 23.9 Å². The third-order valence-electron chi connectivity index (χ3n) is 5.88. The van der Waals surface area contributed by atoms with Crippen LogP contribution >= 0.6 is 11.8 Å². The molecule has 20 heavy (non-hydrogen) atoms. The standard InChI is InChI=1S/C18H24OS/c19-16-2-1-3-17(9-16)20-5-4-18-10-13-6-14(11-18)8-15(7-13)12-18/h1-3,9,13-15,19H,4-8,10-12H2. The molecule has 4 aliphatic carbocycles. The first-order valence-electron chi connectivity index (χ1n) is 8.13. The molecule has 0 spiro atoms. The summed E-state index contributed by atoms with van der Waals surface area (Å²) < 4.78 is 0. The largest absolute Gasteiger partial charge is 0.508 e. The first-order chi connectivity index (χ1) is 9.71. The highest BCUT2D eigenvalue weighted by Gasteiger charge is 2.50. The van der Waals surface area contributed by atoms with E-state index in [2.05, 4.69) is 6.07 Å². The molecule has 4 fully saturated rings. The highest BCUT2D eigenvalue weighted by Crippen LogP contribution is 2.61. The molecule has 0 aliphatic heterocycles. The molecule has 2 heteroatoms. The van der Waals surface area contributed by atoms with Crippen LogP contribution in [0.1, 0.15) is 44.9 Å². The first kappa shape index (κ1) is 13.1. The maximum Gasteiger partial charge on any atom is 0.116 e. The van der Waals surface area contributed by atoms with E-state index < -0.39 is 0 Å². The van der Waals surface area contributed by atoms with Gasteiger partial charge in [0, 0.05) is 4.90 Å². The molecular weight excluding hydrogens is 264 g/mol. The SMILES string of the molecule is Oc1cccc(SCCC23CC4CC(CC(C4)C2)C3)c1. The highest BCUT2D eigenvalue weighted by molar-refractivity contribution is 7.99. The van der Waals surface area contributed by atoms with Crippen molar-refractivity contribution in [2.75, 3.05) is 5.75 Å². The molecule has 4 aliphatic rings. The Balaban J connectivity index is 1.37. The Morgan fingerprint density at radius 1 is 1.05 bits per heavy atom. The van der Waals surface area contributed by atoms with Crippen molar-refractivity contribution < 1.29 is 5.11 Å². The summed E-state index contributed by atoms with van der Waals surface area (Å²) in [5.74, 6) is 4.80. The van der Waals surface area contributed by atoms with E-state index in [1.165, 1.54) is 55.6 Å². The summed E-state index contributed by atoms with van der Waals surface area (Å²) in [7, 11) is 0. The van der Waals surface area contributed by atoms with Crippen molar-refractivity contribution in [3.8, 4) is 5.75 Å². The lowest BCUT2D eigenvalue weighted by molar-refractivity contribution is -0.0538. The van der Waals surface area contributed by atoms with Gasteiger partial charge < -0.3 is 5.11 Å². The lowest BCUT2D eigenvalue weighted by atomic mass is 9.49. The second-order valence-electron chi connectivity index (χ2n) is 7.51. The van der Waals surface area contributed by atoms with Crippen molar-refractivity contribution in [2.24, 2.45) is 23.2 Å². The van der Waals surface area contributed by atoms with Crippen LogP contribution in [0.2, 0.25) is 0 Å². The molecule has 0 radical (unpaired) electrons. The van der Waals surface area contributed by atoms with E-state index in [0.717, 1.165) is 17.8 Å². The summed E-state index contributed by atoms with van der Waals surface area (Å²) >= 11 is 1.92. The topological polar surface area (TPSA) is 20.2 Å². The molecule has 0 atom stereocenters. The minimum atomic E-state index is 0.393. The van der Waals surface area contributed by atoms with Crippen molar-refractivity contribution in [1.82, 2.24) is 0 Å². The Kier molecular flexibility index (Phi) is 3.25. The summed E-state index contributed by atoms with van der Waals surface area (Å²) in [6, 6.07) is 7.71. The highest BCUT2D eigenvalue weighted by atomic mass is 32.2. The fourth-order valence-electron chi connectivity index (χ4n) is 5.55. The van der Waals surface area contributed by atoms with Crippen molar-refractivity contribution in [3.05, 3.63) is 24.3 Å². The van der Waals surface area contributed by atoms with Crippen LogP contribution in [0.4, 0.5) is 0 Å². The Labute approximate surface area is 126 Å². The molecule has 1 N–H and O–H groups in total. The van der Waals surface area contributed by atoms with Gasteiger partial charge in [-0.2, -0.15) is 0 Å². The van der Waals surface area contributed by atoms with Gasteiger partial charge in [-0.25, -0.2) is 0 Å².